The molecule has 100 valence electrons. The van der Waals surface area contributed by atoms with Crippen LogP contribution in [0.25, 0.3) is 0 Å². The van der Waals surface area contributed by atoms with E-state index < -0.39 is 0 Å². The average Bonchev–Trinajstić information content (AvgIpc) is 2.46. The highest BCUT2D eigenvalue weighted by atomic mass is 32.1. The molecule has 0 spiro atoms. The molecule has 0 N–H and O–H groups in total. The van der Waals surface area contributed by atoms with Gasteiger partial charge in [-0.2, -0.15) is 12.6 Å². The fourth-order valence-electron chi connectivity index (χ4n) is 3.01. The Morgan fingerprint density at radius 3 is 2.44 bits per heavy atom. The summed E-state index contributed by atoms with van der Waals surface area (Å²) in [6, 6.07) is 11.6. The molecular formula is C16H25NS. The Morgan fingerprint density at radius 1 is 1.17 bits per heavy atom. The zero-order chi connectivity index (χ0) is 12.8. The second-order valence-electron chi connectivity index (χ2n) is 5.52. The van der Waals surface area contributed by atoms with Crippen LogP contribution in [-0.2, 0) is 0 Å². The molecular weight excluding hydrogens is 238 g/mol. The number of rotatable bonds is 5. The molecule has 1 aliphatic rings. The molecule has 2 rings (SSSR count). The number of thiol groups is 1. The van der Waals surface area contributed by atoms with E-state index in [1.54, 1.807) is 0 Å². The molecule has 2 heteroatoms. The summed E-state index contributed by atoms with van der Waals surface area (Å²) < 4.78 is 0. The maximum absolute atomic E-state index is 4.54. The Bertz CT molecular complexity index is 332. The van der Waals surface area contributed by atoms with E-state index in [4.69, 9.17) is 0 Å². The minimum absolute atomic E-state index is 0.557. The van der Waals surface area contributed by atoms with Gasteiger partial charge in [0.05, 0.1) is 0 Å². The van der Waals surface area contributed by atoms with Crippen LogP contribution in [0.1, 0.15) is 43.6 Å². The van der Waals surface area contributed by atoms with Crippen molar-refractivity contribution in [3.8, 4) is 0 Å². The Labute approximate surface area is 117 Å². The van der Waals surface area contributed by atoms with Crippen LogP contribution in [0.4, 0.5) is 0 Å². The summed E-state index contributed by atoms with van der Waals surface area (Å²) in [6.07, 6.45) is 7.01. The second-order valence-corrected chi connectivity index (χ2v) is 5.89. The lowest BCUT2D eigenvalue weighted by molar-refractivity contribution is 0.185. The van der Waals surface area contributed by atoms with Gasteiger partial charge in [-0.15, -0.1) is 0 Å². The predicted octanol–water partition coefficient (Wildman–Crippen LogP) is 3.96. The molecule has 0 bridgehead atoms. The molecule has 1 fully saturated rings. The molecule has 1 unspecified atom stereocenters. The second kappa shape index (κ2) is 7.20. The van der Waals surface area contributed by atoms with Crippen LogP contribution >= 0.6 is 12.6 Å². The summed E-state index contributed by atoms with van der Waals surface area (Å²) in [5.74, 6) is 1.49. The molecule has 1 nitrogen and oxygen atoms in total. The van der Waals surface area contributed by atoms with Crippen LogP contribution < -0.4 is 0 Å². The molecule has 18 heavy (non-hydrogen) atoms. The van der Waals surface area contributed by atoms with Gasteiger partial charge in [-0.3, -0.25) is 0 Å². The van der Waals surface area contributed by atoms with Crippen LogP contribution in [0.3, 0.4) is 0 Å². The van der Waals surface area contributed by atoms with Gasteiger partial charge in [0.2, 0.25) is 0 Å². The number of hydrogen-bond donors (Lipinski definition) is 1. The third-order valence-electron chi connectivity index (χ3n) is 4.20. The van der Waals surface area contributed by atoms with Crippen LogP contribution in [0.2, 0.25) is 0 Å². The first-order valence-electron chi connectivity index (χ1n) is 7.17. The quantitative estimate of drug-likeness (QED) is 0.787. The molecule has 1 saturated carbocycles. The summed E-state index contributed by atoms with van der Waals surface area (Å²) in [5, 5.41) is 0. The summed E-state index contributed by atoms with van der Waals surface area (Å²) in [5.41, 5.74) is 1.43. The molecule has 1 aromatic rings. The lowest BCUT2D eigenvalue weighted by atomic mass is 9.93. The Hall–Kier alpha value is -0.470. The van der Waals surface area contributed by atoms with Crippen molar-refractivity contribution in [2.75, 3.05) is 19.3 Å². The van der Waals surface area contributed by atoms with Gasteiger partial charge in [0, 0.05) is 18.5 Å². The third-order valence-corrected chi connectivity index (χ3v) is 4.64. The first-order chi connectivity index (χ1) is 8.81. The average molecular weight is 263 g/mol. The van der Waals surface area contributed by atoms with Gasteiger partial charge < -0.3 is 4.90 Å². The van der Waals surface area contributed by atoms with Crippen molar-refractivity contribution in [3.05, 3.63) is 35.9 Å². The molecule has 1 aromatic carbocycles. The van der Waals surface area contributed by atoms with Crippen molar-refractivity contribution in [2.24, 2.45) is 0 Å². The van der Waals surface area contributed by atoms with Crippen molar-refractivity contribution in [1.82, 2.24) is 4.90 Å². The topological polar surface area (TPSA) is 3.24 Å². The molecule has 0 amide bonds. The fourth-order valence-corrected chi connectivity index (χ4v) is 3.34. The third kappa shape index (κ3) is 3.76. The first-order valence-corrected chi connectivity index (χ1v) is 7.80. The Kier molecular flexibility index (Phi) is 5.58. The van der Waals surface area contributed by atoms with Crippen LogP contribution in [0, 0.1) is 0 Å². The molecule has 1 atom stereocenters. The predicted molar refractivity (Wildman–Crippen MR) is 82.5 cm³/mol. The van der Waals surface area contributed by atoms with Crippen LogP contribution in [0.5, 0.6) is 0 Å². The van der Waals surface area contributed by atoms with E-state index >= 15 is 0 Å². The number of benzene rings is 1. The first kappa shape index (κ1) is 14.0. The lowest BCUT2D eigenvalue weighted by Gasteiger charge is -2.33. The minimum Gasteiger partial charge on any atom is -0.303 e. The maximum Gasteiger partial charge on any atom is 0.00924 e. The van der Waals surface area contributed by atoms with Crippen molar-refractivity contribution < 1.29 is 0 Å². The zero-order valence-corrected chi connectivity index (χ0v) is 12.3. The normalized spacial score (nSPS) is 19.1. The Morgan fingerprint density at radius 2 is 1.83 bits per heavy atom. The van der Waals surface area contributed by atoms with E-state index in [-0.39, 0.29) is 0 Å². The molecule has 0 radical (unpaired) electrons. The van der Waals surface area contributed by atoms with E-state index in [2.05, 4.69) is 54.9 Å². The van der Waals surface area contributed by atoms with Gasteiger partial charge in [-0.1, -0.05) is 49.6 Å². The van der Waals surface area contributed by atoms with E-state index in [0.29, 0.717) is 5.92 Å². The molecule has 0 aliphatic heterocycles. The number of hydrogen-bond acceptors (Lipinski definition) is 2. The monoisotopic (exact) mass is 263 g/mol. The van der Waals surface area contributed by atoms with Crippen LogP contribution in [-0.4, -0.2) is 30.3 Å². The van der Waals surface area contributed by atoms with E-state index in [1.165, 1.54) is 37.7 Å². The van der Waals surface area contributed by atoms with Gasteiger partial charge in [0.25, 0.3) is 0 Å². The summed E-state index contributed by atoms with van der Waals surface area (Å²) in [4.78, 5) is 2.56. The highest BCUT2D eigenvalue weighted by Crippen LogP contribution is 2.25. The van der Waals surface area contributed by atoms with E-state index in [9.17, 15) is 0 Å². The zero-order valence-electron chi connectivity index (χ0n) is 11.4. The van der Waals surface area contributed by atoms with E-state index in [1.807, 2.05) is 0 Å². The number of nitrogens with zero attached hydrogens (tertiary/aromatic N) is 1. The summed E-state index contributed by atoms with van der Waals surface area (Å²) >= 11 is 4.54. The highest BCUT2D eigenvalue weighted by molar-refractivity contribution is 7.80. The van der Waals surface area contributed by atoms with Gasteiger partial charge in [0.1, 0.15) is 0 Å². The van der Waals surface area contributed by atoms with Crippen molar-refractivity contribution >= 4 is 12.6 Å². The molecule has 1 aliphatic carbocycles. The van der Waals surface area contributed by atoms with Crippen molar-refractivity contribution in [3.63, 3.8) is 0 Å². The largest absolute Gasteiger partial charge is 0.303 e. The van der Waals surface area contributed by atoms with Crippen LogP contribution in [0.15, 0.2) is 30.3 Å². The van der Waals surface area contributed by atoms with Crippen molar-refractivity contribution in [2.45, 2.75) is 44.1 Å². The fraction of sp³-hybridized carbons (Fsp3) is 0.625. The molecule has 0 aromatic heterocycles. The molecule has 0 saturated heterocycles. The molecule has 0 heterocycles. The van der Waals surface area contributed by atoms with Gasteiger partial charge >= 0.3 is 0 Å². The van der Waals surface area contributed by atoms with Crippen molar-refractivity contribution in [1.29, 1.82) is 0 Å². The van der Waals surface area contributed by atoms with Gasteiger partial charge in [-0.05, 0) is 31.2 Å². The Balaban J connectivity index is 1.93. The summed E-state index contributed by atoms with van der Waals surface area (Å²) in [7, 11) is 2.29. The lowest BCUT2D eigenvalue weighted by Crippen LogP contribution is -2.36. The van der Waals surface area contributed by atoms with E-state index in [0.717, 1.165) is 18.3 Å². The summed E-state index contributed by atoms with van der Waals surface area (Å²) in [6.45, 7) is 1.14. The SMILES string of the molecule is CN(CC(CS)c1ccccc1)C1CCCCC1. The van der Waals surface area contributed by atoms with Gasteiger partial charge in [0.15, 0.2) is 0 Å². The maximum atomic E-state index is 4.54. The highest BCUT2D eigenvalue weighted by Gasteiger charge is 2.21. The number of likely N-dealkylation sites (N-methyl/N-ethyl adjacent to an activating group) is 1. The standard InChI is InChI=1S/C16H25NS/c1-17(16-10-6-3-7-11-16)12-15(13-18)14-8-4-2-5-9-14/h2,4-5,8-9,15-16,18H,3,6-7,10-13H2,1H3. The van der Waals surface area contributed by atoms with Gasteiger partial charge in [-0.25, -0.2) is 0 Å². The minimum atomic E-state index is 0.557. The smallest absolute Gasteiger partial charge is 0.00924 e.